The van der Waals surface area contributed by atoms with Crippen LogP contribution in [0.1, 0.15) is 28.5 Å². The molecule has 0 saturated carbocycles. The third-order valence-corrected chi connectivity index (χ3v) is 25.8. The molecule has 0 amide bonds. The number of nitrogens with zero attached hydrogens (tertiary/aromatic N) is 16. The summed E-state index contributed by atoms with van der Waals surface area (Å²) in [6.45, 7) is 6.58. The summed E-state index contributed by atoms with van der Waals surface area (Å²) in [5.41, 5.74) is 19.4. The minimum atomic E-state index is -3.85. The minimum absolute atomic E-state index is 0.00901. The molecule has 8 N–H and O–H groups in total. The summed E-state index contributed by atoms with van der Waals surface area (Å²) in [6.07, 6.45) is 14.5. The van der Waals surface area contributed by atoms with Crippen molar-refractivity contribution in [2.45, 2.75) is 47.8 Å². The quantitative estimate of drug-likeness (QED) is 0.0228. The fourth-order valence-electron chi connectivity index (χ4n) is 15.9. The van der Waals surface area contributed by atoms with Crippen molar-refractivity contribution in [2.75, 3.05) is 72.9 Å². The number of fused-ring (bicyclic) bond motifs is 4. The highest BCUT2D eigenvalue weighted by atomic mass is 32.2. The molecule has 20 aromatic rings. The molecule has 20 rings (SSSR count). The van der Waals surface area contributed by atoms with Crippen LogP contribution in [0.2, 0.25) is 0 Å². The SMILES string of the molecule is C=S(N)(=O)c1ccc(-c2nc(NCc3ccccn3)c3c(-c4ccccc4)cccc3n2)nc1.COCCN(CCOC)c1cncc(-c2nc(NCc3ccccn3)c3c(-c4ccccc4)cccc3n2)c1.Cc1cccc(CNc2nc(-c3cncc(S(C)(=O)=O)c3)nc3cccc(-c4ccccc4)c23)n1.NS(=O)(=O)c1cccc(-c2nc(NCc3ccccn3)c3c(-c4ccccc4)cccc3n2)c1. The van der Waals surface area contributed by atoms with Gasteiger partial charge in [0.1, 0.15) is 29.0 Å². The van der Waals surface area contributed by atoms with Gasteiger partial charge in [-0.25, -0.2) is 66.1 Å². The lowest BCUT2D eigenvalue weighted by atomic mass is 10.0. The predicted molar refractivity (Wildman–Crippen MR) is 564 cm³/mol. The number of primary sulfonamides is 1. The Labute approximate surface area is 822 Å². The number of methoxy groups -OCH3 is 2. The molecule has 11 aromatic heterocycles. The van der Waals surface area contributed by atoms with Crippen LogP contribution in [-0.2, 0) is 65.2 Å². The Morgan fingerprint density at radius 1 is 0.324 bits per heavy atom. The molecular formula is C110H98N22O7S3. The van der Waals surface area contributed by atoms with Crippen molar-refractivity contribution in [2.24, 2.45) is 10.3 Å². The highest BCUT2D eigenvalue weighted by Crippen LogP contribution is 2.41. The smallest absolute Gasteiger partial charge is 0.238 e. The van der Waals surface area contributed by atoms with E-state index < -0.39 is 29.6 Å². The molecule has 0 bridgehead atoms. The van der Waals surface area contributed by atoms with Crippen molar-refractivity contribution in [3.05, 3.63) is 393 Å². The van der Waals surface area contributed by atoms with Crippen LogP contribution in [0.15, 0.2) is 380 Å². The number of sulfonamides is 1. The molecule has 0 saturated heterocycles. The lowest BCUT2D eigenvalue weighted by Gasteiger charge is -2.24. The van der Waals surface area contributed by atoms with Gasteiger partial charge in [-0.2, -0.15) is 0 Å². The molecule has 11 heterocycles. The van der Waals surface area contributed by atoms with Gasteiger partial charge in [-0.1, -0.05) is 206 Å². The van der Waals surface area contributed by atoms with Crippen LogP contribution in [0.25, 0.3) is 134 Å². The Hall–Kier alpha value is -16.9. The molecule has 142 heavy (non-hydrogen) atoms. The van der Waals surface area contributed by atoms with Crippen LogP contribution in [0.3, 0.4) is 0 Å². The van der Waals surface area contributed by atoms with Gasteiger partial charge in [-0.15, -0.1) is 0 Å². The third kappa shape index (κ3) is 24.3. The molecule has 708 valence electrons. The van der Waals surface area contributed by atoms with Crippen molar-refractivity contribution in [1.82, 2.24) is 74.8 Å². The molecule has 0 radical (unpaired) electrons. The normalized spacial score (nSPS) is 11.7. The predicted octanol–water partition coefficient (Wildman–Crippen LogP) is 19.5. The second kappa shape index (κ2) is 45.2. The molecule has 0 spiro atoms. The van der Waals surface area contributed by atoms with Crippen LogP contribution in [-0.4, -0.2) is 148 Å². The van der Waals surface area contributed by atoms with Crippen molar-refractivity contribution in [3.8, 4) is 90.2 Å². The molecule has 0 aliphatic carbocycles. The van der Waals surface area contributed by atoms with E-state index in [4.69, 9.17) is 59.6 Å². The first-order chi connectivity index (χ1) is 69.1. The summed E-state index contributed by atoms with van der Waals surface area (Å²) in [7, 11) is -6.71. The molecule has 0 aliphatic heterocycles. The zero-order valence-electron chi connectivity index (χ0n) is 77.9. The van der Waals surface area contributed by atoms with E-state index in [2.05, 4.69) is 109 Å². The summed E-state index contributed by atoms with van der Waals surface area (Å²) in [5, 5.41) is 28.4. The molecule has 1 atom stereocenters. The average molecular weight is 1940 g/mol. The number of nitrogens with two attached hydrogens (primary N) is 2. The van der Waals surface area contributed by atoms with E-state index in [1.54, 1.807) is 75.5 Å². The van der Waals surface area contributed by atoms with E-state index in [1.165, 1.54) is 24.5 Å². The number of anilines is 5. The molecule has 32 heteroatoms. The van der Waals surface area contributed by atoms with Gasteiger partial charge in [0.25, 0.3) is 0 Å². The number of ether oxygens (including phenoxy) is 2. The number of hydrogen-bond donors (Lipinski definition) is 6. The monoisotopic (exact) mass is 1930 g/mol. The number of benzene rings is 9. The Kier molecular flexibility index (Phi) is 30.8. The number of sulfone groups is 1. The maximum absolute atomic E-state index is 12.1. The van der Waals surface area contributed by atoms with Gasteiger partial charge in [-0.3, -0.25) is 40.0 Å². The van der Waals surface area contributed by atoms with Gasteiger partial charge in [-0.05, 0) is 166 Å². The Balaban J connectivity index is 0.000000130. The molecule has 0 fully saturated rings. The van der Waals surface area contributed by atoms with E-state index in [1.807, 2.05) is 244 Å². The lowest BCUT2D eigenvalue weighted by molar-refractivity contribution is 0.190. The van der Waals surface area contributed by atoms with Crippen LogP contribution in [0, 0.1) is 6.92 Å². The first kappa shape index (κ1) is 96.8. The Morgan fingerprint density at radius 2 is 0.683 bits per heavy atom. The van der Waals surface area contributed by atoms with Gasteiger partial charge in [0.2, 0.25) is 10.0 Å². The van der Waals surface area contributed by atoms with Crippen molar-refractivity contribution >= 4 is 108 Å². The number of rotatable bonds is 30. The van der Waals surface area contributed by atoms with Crippen LogP contribution >= 0.6 is 0 Å². The maximum atomic E-state index is 12.1. The van der Waals surface area contributed by atoms with Gasteiger partial charge in [0.15, 0.2) is 33.1 Å². The van der Waals surface area contributed by atoms with Gasteiger partial charge in [0, 0.05) is 99.3 Å². The number of pyridine rings is 7. The highest BCUT2D eigenvalue weighted by molar-refractivity contribution is 7.98. The van der Waals surface area contributed by atoms with E-state index in [0.29, 0.717) is 102 Å². The number of aromatic nitrogens is 15. The van der Waals surface area contributed by atoms with Crippen molar-refractivity contribution in [1.29, 1.82) is 0 Å². The Bertz CT molecular complexity index is 8180. The largest absolute Gasteiger partial charge is 0.383 e. The molecule has 29 nitrogen and oxygen atoms in total. The summed E-state index contributed by atoms with van der Waals surface area (Å²) in [6, 6.07) is 101. The van der Waals surface area contributed by atoms with Gasteiger partial charge >= 0.3 is 0 Å². The van der Waals surface area contributed by atoms with Crippen LogP contribution < -0.4 is 36.4 Å². The lowest BCUT2D eigenvalue weighted by Crippen LogP contribution is -2.30. The van der Waals surface area contributed by atoms with Crippen molar-refractivity contribution < 1.29 is 30.5 Å². The maximum Gasteiger partial charge on any atom is 0.238 e. The molecular weight excluding hydrogens is 1840 g/mol. The Morgan fingerprint density at radius 3 is 1.06 bits per heavy atom. The van der Waals surface area contributed by atoms with Gasteiger partial charge < -0.3 is 35.6 Å². The van der Waals surface area contributed by atoms with Crippen molar-refractivity contribution in [3.63, 3.8) is 0 Å². The van der Waals surface area contributed by atoms with E-state index >= 15 is 0 Å². The van der Waals surface area contributed by atoms with E-state index in [9.17, 15) is 21.0 Å². The van der Waals surface area contributed by atoms with E-state index in [-0.39, 0.29) is 9.79 Å². The number of hydrogen-bond acceptors (Lipinski definition) is 27. The standard InChI is InChI=1S/C31H32N6O2.C27H23N5O2S.C26H22N6OS.C26H21N5O2S/c1-38-17-15-37(16-18-39-2)26-19-24(20-32-22-26)30-35-28-13-8-12-27(23-9-4-3-5-10-23)29(28)31(36-30)34-21-25-11-6-7-14-33-25;1-18-8-6-11-21(30-18)16-29-27-25-23(19-9-4-3-5-10-19)12-7-13-24(25)31-26(32-27)20-14-22(17-28-15-20)35(2,33)34;1-34(27,33)20-13-14-23(29-17-20)25-31-22-12-7-11-21(18-8-3-2-4-9-18)24(22)26(32-25)30-16-19-10-5-6-15-28-19;27-34(32,33)21-12-6-10-19(16-21)25-30-23-14-7-13-22(18-8-2-1-3-9-18)24(23)26(31-25)29-17-20-11-4-5-15-28-20/h3-14,19-20,22H,15-18,21H2,1-2H3,(H,34,35,36);3-15,17H,16H2,1-2H3,(H,29,31,32);2-15,17H,1,16H2,(H2,27,33)(H,30,31,32);1-16H,17H2,(H2,27,32,33)(H,29,30,31). The average Bonchev–Trinajstić information content (AvgIpc) is 0.778. The second-order valence-electron chi connectivity index (χ2n) is 32.8. The fourth-order valence-corrected chi connectivity index (χ4v) is 17.5. The summed E-state index contributed by atoms with van der Waals surface area (Å²) in [5.74, 6) is 8.03. The summed E-state index contributed by atoms with van der Waals surface area (Å²) < 4.78 is 70.6. The summed E-state index contributed by atoms with van der Waals surface area (Å²) >= 11 is 0. The topological polar surface area (TPSA) is 401 Å². The molecule has 9 aromatic carbocycles. The zero-order chi connectivity index (χ0) is 98.4. The van der Waals surface area contributed by atoms with Gasteiger partial charge in [0.05, 0.1) is 142 Å². The fraction of sp³-hybridized carbons (Fsp3) is 0.109. The minimum Gasteiger partial charge on any atom is -0.383 e. The first-order valence-corrected chi connectivity index (χ1v) is 50.5. The number of aryl methyl sites for hydroxylation is 1. The second-order valence-corrected chi connectivity index (χ2v) is 38.3. The third-order valence-electron chi connectivity index (χ3n) is 22.8. The highest BCUT2D eigenvalue weighted by Gasteiger charge is 2.24. The molecule has 0 aliphatic rings. The summed E-state index contributed by atoms with van der Waals surface area (Å²) in [4.78, 5) is 72.4. The first-order valence-electron chi connectivity index (χ1n) is 45.2. The van der Waals surface area contributed by atoms with Crippen LogP contribution in [0.5, 0.6) is 0 Å². The van der Waals surface area contributed by atoms with E-state index in [0.717, 1.165) is 153 Å². The molecule has 1 unspecified atom stereocenters. The zero-order valence-corrected chi connectivity index (χ0v) is 80.3. The number of nitrogens with one attached hydrogen (secondary N) is 4. The van der Waals surface area contributed by atoms with Crippen LogP contribution in [0.4, 0.5) is 29.0 Å².